The zero-order valence-electron chi connectivity index (χ0n) is 14.4. The third-order valence-electron chi connectivity index (χ3n) is 4.75. The maximum Gasteiger partial charge on any atom is 0.258 e. The van der Waals surface area contributed by atoms with Gasteiger partial charge in [-0.25, -0.2) is 0 Å². The summed E-state index contributed by atoms with van der Waals surface area (Å²) in [7, 11) is 0. The van der Waals surface area contributed by atoms with Gasteiger partial charge in [-0.3, -0.25) is 4.79 Å². The molecule has 3 aromatic rings. The average molecular weight is 474 g/mol. The van der Waals surface area contributed by atoms with Crippen LogP contribution in [0.1, 0.15) is 44.8 Å². The Labute approximate surface area is 171 Å². The van der Waals surface area contributed by atoms with Gasteiger partial charge in [0.1, 0.15) is 6.17 Å². The highest BCUT2D eigenvalue weighted by molar-refractivity contribution is 14.1. The van der Waals surface area contributed by atoms with Crippen molar-refractivity contribution in [3.8, 4) is 0 Å². The van der Waals surface area contributed by atoms with Gasteiger partial charge in [0.2, 0.25) is 0 Å². The molecule has 1 unspecified atom stereocenters. The Morgan fingerprint density at radius 3 is 2.54 bits per heavy atom. The van der Waals surface area contributed by atoms with Crippen LogP contribution in [0.2, 0.25) is 0 Å². The summed E-state index contributed by atoms with van der Waals surface area (Å²) >= 11 is 4.15. The first-order valence-corrected chi connectivity index (χ1v) is 10.9. The van der Waals surface area contributed by atoms with Gasteiger partial charge in [-0.1, -0.05) is 65.1 Å². The van der Waals surface area contributed by atoms with Gasteiger partial charge in [0.25, 0.3) is 5.91 Å². The van der Waals surface area contributed by atoms with E-state index in [-0.39, 0.29) is 18.1 Å². The minimum atomic E-state index is -0.158. The monoisotopic (exact) mass is 474 g/mol. The molecule has 132 valence electrons. The number of carbonyl (C=O) groups excluding carboxylic acids is 1. The van der Waals surface area contributed by atoms with Crippen molar-refractivity contribution in [3.63, 3.8) is 0 Å². The molecule has 26 heavy (non-hydrogen) atoms. The first-order chi connectivity index (χ1) is 12.7. The second kappa shape index (κ2) is 7.40. The van der Waals surface area contributed by atoms with Crippen LogP contribution in [0, 0.1) is 0 Å². The van der Waals surface area contributed by atoms with Crippen LogP contribution in [-0.2, 0) is 4.43 Å². The maximum atomic E-state index is 13.4. The van der Waals surface area contributed by atoms with E-state index in [1.807, 2.05) is 47.4 Å². The number of rotatable bonds is 4. The summed E-state index contributed by atoms with van der Waals surface area (Å²) in [6.07, 6.45) is -0.158. The Bertz CT molecular complexity index is 925. The zero-order chi connectivity index (χ0) is 18.1. The molecule has 4 rings (SSSR count). The second-order valence-corrected chi connectivity index (χ2v) is 8.29. The van der Waals surface area contributed by atoms with Crippen LogP contribution >= 0.6 is 33.9 Å². The average Bonchev–Trinajstić information content (AvgIpc) is 3.17. The van der Waals surface area contributed by atoms with Gasteiger partial charge in [-0.2, -0.15) is 0 Å². The van der Waals surface area contributed by atoms with E-state index in [1.165, 1.54) is 9.75 Å². The number of hydrogen-bond acceptors (Lipinski definition) is 3. The van der Waals surface area contributed by atoms with Crippen LogP contribution in [0.15, 0.2) is 66.7 Å². The topological polar surface area (TPSA) is 32.3 Å². The second-order valence-electron chi connectivity index (χ2n) is 6.33. The molecule has 2 heterocycles. The number of nitrogens with one attached hydrogen (secondary N) is 1. The van der Waals surface area contributed by atoms with Crippen LogP contribution < -0.4 is 5.32 Å². The number of nitrogens with zero attached hydrogens (tertiary/aromatic N) is 1. The third kappa shape index (κ3) is 3.14. The van der Waals surface area contributed by atoms with Gasteiger partial charge in [-0.15, -0.1) is 11.3 Å². The molecule has 1 aromatic heterocycles. The molecule has 1 amide bonds. The van der Waals surface area contributed by atoms with E-state index in [0.29, 0.717) is 0 Å². The van der Waals surface area contributed by atoms with Crippen LogP contribution in [0.3, 0.4) is 0 Å². The zero-order valence-corrected chi connectivity index (χ0v) is 17.3. The van der Waals surface area contributed by atoms with E-state index in [1.54, 1.807) is 11.3 Å². The summed E-state index contributed by atoms with van der Waals surface area (Å²) in [6, 6.07) is 22.3. The highest BCUT2D eigenvalue weighted by Crippen LogP contribution is 2.40. The molecule has 0 spiro atoms. The van der Waals surface area contributed by atoms with Gasteiger partial charge in [0.05, 0.1) is 11.6 Å². The maximum absolute atomic E-state index is 13.4. The molecule has 1 N–H and O–H groups in total. The molecule has 0 aliphatic carbocycles. The number of carbonyl (C=O) groups is 1. The molecular weight excluding hydrogens is 455 g/mol. The summed E-state index contributed by atoms with van der Waals surface area (Å²) in [6.45, 7) is 2.10. The van der Waals surface area contributed by atoms with Crippen LogP contribution in [0.4, 0.5) is 5.69 Å². The van der Waals surface area contributed by atoms with Gasteiger partial charge >= 0.3 is 0 Å². The smallest absolute Gasteiger partial charge is 0.258 e. The van der Waals surface area contributed by atoms with E-state index in [4.69, 9.17) is 0 Å². The lowest BCUT2D eigenvalue weighted by molar-refractivity contribution is 0.0600. The minimum Gasteiger partial charge on any atom is -0.360 e. The van der Waals surface area contributed by atoms with Gasteiger partial charge < -0.3 is 10.2 Å². The van der Waals surface area contributed by atoms with E-state index >= 15 is 0 Å². The highest BCUT2D eigenvalue weighted by atomic mass is 127. The number of alkyl halides is 1. The van der Waals surface area contributed by atoms with Crippen molar-refractivity contribution in [2.75, 3.05) is 5.32 Å². The van der Waals surface area contributed by atoms with Crippen molar-refractivity contribution in [2.45, 2.75) is 23.6 Å². The first kappa shape index (κ1) is 17.5. The number of thiophene rings is 1. The van der Waals surface area contributed by atoms with Crippen molar-refractivity contribution >= 4 is 45.5 Å². The van der Waals surface area contributed by atoms with E-state index in [2.05, 4.69) is 59.1 Å². The minimum absolute atomic E-state index is 0.0280. The summed E-state index contributed by atoms with van der Waals surface area (Å²) in [5.74, 6) is 0.0742. The first-order valence-electron chi connectivity index (χ1n) is 8.57. The van der Waals surface area contributed by atoms with E-state index < -0.39 is 0 Å². The fourth-order valence-electron chi connectivity index (χ4n) is 3.38. The Kier molecular flexibility index (Phi) is 5.00. The van der Waals surface area contributed by atoms with Gasteiger partial charge in [0, 0.05) is 19.9 Å². The molecule has 0 fully saturated rings. The Morgan fingerprint density at radius 1 is 1.08 bits per heavy atom. The molecule has 0 bridgehead atoms. The normalized spacial score (nSPS) is 17.5. The van der Waals surface area contributed by atoms with Gasteiger partial charge in [0.15, 0.2) is 0 Å². The summed E-state index contributed by atoms with van der Waals surface area (Å²) < 4.78 is 0.980. The Balaban J connectivity index is 1.79. The largest absolute Gasteiger partial charge is 0.360 e. The summed E-state index contributed by atoms with van der Waals surface area (Å²) in [4.78, 5) is 17.8. The fraction of sp³-hybridized carbons (Fsp3) is 0.190. The lowest BCUT2D eigenvalue weighted by atomic mass is 10.0. The number of fused-ring (bicyclic) bond motifs is 1. The molecule has 2 aromatic carbocycles. The van der Waals surface area contributed by atoms with Crippen molar-refractivity contribution in [3.05, 3.63) is 87.6 Å². The quantitative estimate of drug-likeness (QED) is 0.371. The SMILES string of the molecule is C[C@H](c1ccccc1)N1C(=O)c2ccccc2NC1c1ccc(CI)s1. The Hall–Kier alpha value is -1.86. The number of anilines is 1. The van der Waals surface area contributed by atoms with E-state index in [0.717, 1.165) is 21.2 Å². The van der Waals surface area contributed by atoms with Crippen molar-refractivity contribution in [1.29, 1.82) is 0 Å². The highest BCUT2D eigenvalue weighted by Gasteiger charge is 2.37. The number of hydrogen-bond donors (Lipinski definition) is 1. The summed E-state index contributed by atoms with van der Waals surface area (Å²) in [5.41, 5.74) is 2.78. The number of benzene rings is 2. The number of halogens is 1. The standard InChI is InChI=1S/C21H19IN2OS/c1-14(15-7-3-2-4-8-15)24-20(19-12-11-16(13-22)26-19)23-18-10-6-5-9-17(18)21(24)25/h2-12,14,20,23H,13H2,1H3/t14-,20?/m1/s1. The van der Waals surface area contributed by atoms with E-state index in [9.17, 15) is 4.79 Å². The molecule has 0 saturated heterocycles. The molecule has 1 aliphatic heterocycles. The molecule has 5 heteroatoms. The lowest BCUT2D eigenvalue weighted by Gasteiger charge is -2.41. The van der Waals surface area contributed by atoms with Crippen LogP contribution in [0.5, 0.6) is 0 Å². The lowest BCUT2D eigenvalue weighted by Crippen LogP contribution is -2.44. The van der Waals surface area contributed by atoms with Crippen molar-refractivity contribution in [2.24, 2.45) is 0 Å². The third-order valence-corrected chi connectivity index (χ3v) is 7.22. The number of amides is 1. The molecule has 0 saturated carbocycles. The predicted octanol–water partition coefficient (Wildman–Crippen LogP) is 6.01. The molecule has 1 aliphatic rings. The molecule has 3 nitrogen and oxygen atoms in total. The van der Waals surface area contributed by atoms with Crippen LogP contribution in [-0.4, -0.2) is 10.8 Å². The van der Waals surface area contributed by atoms with Crippen molar-refractivity contribution < 1.29 is 4.79 Å². The van der Waals surface area contributed by atoms with Crippen LogP contribution in [0.25, 0.3) is 0 Å². The number of para-hydroxylation sites is 1. The van der Waals surface area contributed by atoms with Crippen molar-refractivity contribution in [1.82, 2.24) is 4.90 Å². The summed E-state index contributed by atoms with van der Waals surface area (Å²) in [5, 5.41) is 3.59. The molecule has 2 atom stereocenters. The fourth-order valence-corrected chi connectivity index (χ4v) is 5.02. The predicted molar refractivity (Wildman–Crippen MR) is 116 cm³/mol. The molecular formula is C21H19IN2OS. The Morgan fingerprint density at radius 2 is 1.81 bits per heavy atom. The van der Waals surface area contributed by atoms with Gasteiger partial charge in [-0.05, 0) is 36.8 Å². The molecule has 0 radical (unpaired) electrons.